The number of rotatable bonds is 5. The summed E-state index contributed by atoms with van der Waals surface area (Å²) in [6.45, 7) is 7.05. The van der Waals surface area contributed by atoms with Crippen molar-refractivity contribution in [3.63, 3.8) is 0 Å². The fourth-order valence-electron chi connectivity index (χ4n) is 2.90. The molecule has 2 aromatic heterocycles. The molecule has 0 fully saturated rings. The molecule has 0 saturated heterocycles. The van der Waals surface area contributed by atoms with Gasteiger partial charge in [0.05, 0.1) is 17.4 Å². The zero-order valence-electron chi connectivity index (χ0n) is 15.7. The second-order valence-corrected chi connectivity index (χ2v) is 6.53. The van der Waals surface area contributed by atoms with Crippen molar-refractivity contribution in [1.29, 1.82) is 0 Å². The largest absolute Gasteiger partial charge is 0.459 e. The number of aromatic nitrogens is 3. The van der Waals surface area contributed by atoms with Gasteiger partial charge in [-0.2, -0.15) is 5.10 Å². The number of carbonyl (C=O) groups is 2. The van der Waals surface area contributed by atoms with Crippen LogP contribution in [0.3, 0.4) is 0 Å². The first kappa shape index (κ1) is 18.4. The Morgan fingerprint density at radius 2 is 2.00 bits per heavy atom. The maximum Gasteiger partial charge on any atom is 0.340 e. The second kappa shape index (κ2) is 7.49. The predicted octanol–water partition coefficient (Wildman–Crippen LogP) is 3.63. The van der Waals surface area contributed by atoms with Gasteiger partial charge in [-0.3, -0.25) is 4.79 Å². The summed E-state index contributed by atoms with van der Waals surface area (Å²) in [5.41, 5.74) is 3.38. The van der Waals surface area contributed by atoms with Crippen LogP contribution in [0, 0.1) is 13.8 Å². The van der Waals surface area contributed by atoms with Crippen molar-refractivity contribution in [3.05, 3.63) is 65.2 Å². The number of nitrogens with zero attached hydrogens (tertiary/aromatic N) is 2. The van der Waals surface area contributed by atoms with Crippen LogP contribution in [-0.4, -0.2) is 32.7 Å². The van der Waals surface area contributed by atoms with Crippen molar-refractivity contribution in [1.82, 2.24) is 14.8 Å². The summed E-state index contributed by atoms with van der Waals surface area (Å²) in [6.07, 6.45) is 3.29. The molecule has 1 aromatic carbocycles. The van der Waals surface area contributed by atoms with Crippen LogP contribution in [0.25, 0.3) is 5.69 Å². The lowest BCUT2D eigenvalue weighted by Crippen LogP contribution is -2.15. The average Bonchev–Trinajstić information content (AvgIpc) is 3.22. The van der Waals surface area contributed by atoms with Crippen molar-refractivity contribution < 1.29 is 14.3 Å². The third-order valence-corrected chi connectivity index (χ3v) is 4.08. The highest BCUT2D eigenvalue weighted by atomic mass is 16.5. The van der Waals surface area contributed by atoms with Crippen LogP contribution in [0.5, 0.6) is 0 Å². The quantitative estimate of drug-likeness (QED) is 0.675. The highest BCUT2D eigenvalue weighted by Crippen LogP contribution is 2.21. The summed E-state index contributed by atoms with van der Waals surface area (Å²) < 4.78 is 6.97. The van der Waals surface area contributed by atoms with Gasteiger partial charge < -0.3 is 15.0 Å². The molecular weight excluding hydrogens is 344 g/mol. The van der Waals surface area contributed by atoms with E-state index in [-0.39, 0.29) is 12.0 Å². The van der Waals surface area contributed by atoms with Gasteiger partial charge in [0.25, 0.3) is 5.91 Å². The minimum Gasteiger partial charge on any atom is -0.459 e. The Hall–Kier alpha value is -3.35. The molecule has 0 radical (unpaired) electrons. The van der Waals surface area contributed by atoms with Gasteiger partial charge in [-0.05, 0) is 57.5 Å². The molecule has 0 aliphatic heterocycles. The number of H-pyrrole nitrogens is 1. The van der Waals surface area contributed by atoms with E-state index in [1.165, 1.54) is 0 Å². The molecule has 0 bridgehead atoms. The normalized spacial score (nSPS) is 10.9. The van der Waals surface area contributed by atoms with E-state index in [1.54, 1.807) is 44.6 Å². The molecule has 0 aliphatic carbocycles. The summed E-state index contributed by atoms with van der Waals surface area (Å²) in [5.74, 6) is -0.757. The summed E-state index contributed by atoms with van der Waals surface area (Å²) in [4.78, 5) is 28.0. The molecule has 0 saturated carbocycles. The highest BCUT2D eigenvalue weighted by Gasteiger charge is 2.23. The molecule has 27 heavy (non-hydrogen) atoms. The molecule has 7 heteroatoms. The number of amides is 1. The first-order chi connectivity index (χ1) is 12.9. The monoisotopic (exact) mass is 366 g/mol. The molecule has 1 amide bonds. The Kier molecular flexibility index (Phi) is 5.12. The number of anilines is 1. The SMILES string of the molecule is Cc1[nH]c(C(=O)Nc2cccc(-n3cccn3)c2)c(C)c1C(=O)OC(C)C. The van der Waals surface area contributed by atoms with Crippen molar-refractivity contribution in [3.8, 4) is 5.69 Å². The smallest absolute Gasteiger partial charge is 0.340 e. The second-order valence-electron chi connectivity index (χ2n) is 6.53. The first-order valence-electron chi connectivity index (χ1n) is 8.68. The molecule has 0 unspecified atom stereocenters. The lowest BCUT2D eigenvalue weighted by Gasteiger charge is -2.09. The van der Waals surface area contributed by atoms with Crippen molar-refractivity contribution in [2.75, 3.05) is 5.32 Å². The van der Waals surface area contributed by atoms with Crippen molar-refractivity contribution in [2.24, 2.45) is 0 Å². The molecule has 140 valence electrons. The van der Waals surface area contributed by atoms with E-state index in [9.17, 15) is 9.59 Å². The Morgan fingerprint density at radius 3 is 2.67 bits per heavy atom. The fourth-order valence-corrected chi connectivity index (χ4v) is 2.90. The molecule has 3 aromatic rings. The highest BCUT2D eigenvalue weighted by molar-refractivity contribution is 6.06. The van der Waals surface area contributed by atoms with Crippen LogP contribution in [-0.2, 0) is 4.74 Å². The maximum atomic E-state index is 12.7. The molecule has 3 rings (SSSR count). The average molecular weight is 366 g/mol. The number of aromatic amines is 1. The third-order valence-electron chi connectivity index (χ3n) is 4.08. The number of hydrogen-bond donors (Lipinski definition) is 2. The molecule has 0 spiro atoms. The van der Waals surface area contributed by atoms with Crippen LogP contribution in [0.15, 0.2) is 42.7 Å². The number of esters is 1. The van der Waals surface area contributed by atoms with E-state index in [0.29, 0.717) is 28.2 Å². The van der Waals surface area contributed by atoms with Gasteiger partial charge in [-0.1, -0.05) is 6.07 Å². The Labute approximate surface area is 157 Å². The van der Waals surface area contributed by atoms with Gasteiger partial charge in [0, 0.05) is 23.8 Å². The maximum absolute atomic E-state index is 12.7. The number of ether oxygens (including phenoxy) is 1. The zero-order valence-corrected chi connectivity index (χ0v) is 15.7. The molecule has 0 aliphatic rings. The predicted molar refractivity (Wildman–Crippen MR) is 102 cm³/mol. The van der Waals surface area contributed by atoms with Crippen LogP contribution in [0.1, 0.15) is 46.0 Å². The summed E-state index contributed by atoms with van der Waals surface area (Å²) in [7, 11) is 0. The minimum absolute atomic E-state index is 0.228. The number of hydrogen-bond acceptors (Lipinski definition) is 4. The van der Waals surface area contributed by atoms with Crippen LogP contribution >= 0.6 is 0 Å². The van der Waals surface area contributed by atoms with E-state index >= 15 is 0 Å². The number of aryl methyl sites for hydroxylation is 1. The number of benzene rings is 1. The van der Waals surface area contributed by atoms with Crippen LogP contribution < -0.4 is 5.32 Å². The Morgan fingerprint density at radius 1 is 1.22 bits per heavy atom. The lowest BCUT2D eigenvalue weighted by atomic mass is 10.1. The molecular formula is C20H22N4O3. The van der Waals surface area contributed by atoms with Crippen LogP contribution in [0.2, 0.25) is 0 Å². The van der Waals surface area contributed by atoms with E-state index in [1.807, 2.05) is 30.5 Å². The summed E-state index contributed by atoms with van der Waals surface area (Å²) in [6, 6.07) is 9.18. The minimum atomic E-state index is -0.434. The topological polar surface area (TPSA) is 89.0 Å². The number of nitrogens with one attached hydrogen (secondary N) is 2. The molecule has 2 N–H and O–H groups in total. The van der Waals surface area contributed by atoms with Crippen LogP contribution in [0.4, 0.5) is 5.69 Å². The molecule has 0 atom stereocenters. The van der Waals surface area contributed by atoms with E-state index < -0.39 is 5.97 Å². The first-order valence-corrected chi connectivity index (χ1v) is 8.68. The van der Waals surface area contributed by atoms with E-state index in [0.717, 1.165) is 5.69 Å². The molecule has 7 nitrogen and oxygen atoms in total. The van der Waals surface area contributed by atoms with E-state index in [2.05, 4.69) is 15.4 Å². The molecule has 2 heterocycles. The lowest BCUT2D eigenvalue weighted by molar-refractivity contribution is 0.0376. The van der Waals surface area contributed by atoms with Gasteiger partial charge in [0.2, 0.25) is 0 Å². The van der Waals surface area contributed by atoms with Crippen molar-refractivity contribution >= 4 is 17.6 Å². The van der Waals surface area contributed by atoms with E-state index in [4.69, 9.17) is 4.74 Å². The van der Waals surface area contributed by atoms with Gasteiger partial charge in [-0.25, -0.2) is 9.48 Å². The van der Waals surface area contributed by atoms with Gasteiger partial charge >= 0.3 is 5.97 Å². The van der Waals surface area contributed by atoms with Gasteiger partial charge in [0.15, 0.2) is 0 Å². The van der Waals surface area contributed by atoms with Crippen molar-refractivity contribution in [2.45, 2.75) is 33.8 Å². The third kappa shape index (κ3) is 3.92. The van der Waals surface area contributed by atoms with Gasteiger partial charge in [0.1, 0.15) is 5.69 Å². The summed E-state index contributed by atoms with van der Waals surface area (Å²) in [5, 5.41) is 7.04. The number of carbonyl (C=O) groups excluding carboxylic acids is 2. The Balaban J connectivity index is 1.83. The summed E-state index contributed by atoms with van der Waals surface area (Å²) >= 11 is 0. The fraction of sp³-hybridized carbons (Fsp3) is 0.250. The van der Waals surface area contributed by atoms with Gasteiger partial charge in [-0.15, -0.1) is 0 Å². The zero-order chi connectivity index (χ0) is 19.6. The Bertz CT molecular complexity index is 971. The standard InChI is InChI=1S/C20H22N4O3/c1-12(2)27-20(26)17-13(3)18(22-14(17)4)19(25)23-15-7-5-8-16(11-15)24-10-6-9-21-24/h5-12,22H,1-4H3,(H,23,25).